The van der Waals surface area contributed by atoms with Crippen LogP contribution in [0.15, 0.2) is 0 Å². The topological polar surface area (TPSA) is 70.1 Å². The van der Waals surface area contributed by atoms with Gasteiger partial charge in [-0.25, -0.2) is 9.59 Å². The van der Waals surface area contributed by atoms with Crippen LogP contribution in [0.5, 0.6) is 0 Å². The van der Waals surface area contributed by atoms with Gasteiger partial charge in [0, 0.05) is 18.1 Å². The minimum atomic E-state index is -0.974. The molecular formula is C16H32N2O4S. The van der Waals surface area contributed by atoms with Gasteiger partial charge in [-0.2, -0.15) is 11.8 Å². The second-order valence-corrected chi connectivity index (χ2v) is 7.37. The minimum Gasteiger partial charge on any atom is -0.480 e. The molecule has 1 heterocycles. The molecular weight excluding hydrogens is 316 g/mol. The molecule has 0 saturated carbocycles. The molecule has 0 aromatic rings. The number of carbonyl (C=O) groups excluding carboxylic acids is 1. The second-order valence-electron chi connectivity index (χ2n) is 6.22. The van der Waals surface area contributed by atoms with Gasteiger partial charge in [-0.3, -0.25) is 4.90 Å². The van der Waals surface area contributed by atoms with Crippen LogP contribution in [-0.4, -0.2) is 76.3 Å². The first-order valence-electron chi connectivity index (χ1n) is 8.18. The van der Waals surface area contributed by atoms with Crippen molar-refractivity contribution in [2.45, 2.75) is 53.2 Å². The average Bonchev–Trinajstić information content (AvgIpc) is 2.48. The molecule has 0 spiro atoms. The van der Waals surface area contributed by atoms with Gasteiger partial charge in [0.1, 0.15) is 11.6 Å². The first-order chi connectivity index (χ1) is 10.7. The SMILES string of the molecule is CC(C)(C)OC(=O)N1CCSCC1C(=O)O.CCN(CC)CC. The van der Waals surface area contributed by atoms with E-state index >= 15 is 0 Å². The fourth-order valence-electron chi connectivity index (χ4n) is 2.02. The summed E-state index contributed by atoms with van der Waals surface area (Å²) < 4.78 is 5.17. The Hall–Kier alpha value is -0.950. The molecule has 1 fully saturated rings. The smallest absolute Gasteiger partial charge is 0.411 e. The van der Waals surface area contributed by atoms with Crippen molar-refractivity contribution in [2.75, 3.05) is 37.7 Å². The zero-order valence-corrected chi connectivity index (χ0v) is 16.1. The van der Waals surface area contributed by atoms with Gasteiger partial charge in [-0.15, -0.1) is 0 Å². The van der Waals surface area contributed by atoms with E-state index in [1.54, 1.807) is 32.5 Å². The number of aliphatic carboxylic acids is 1. The standard InChI is InChI=1S/C10H17NO4S.C6H15N/c1-10(2,3)15-9(14)11-4-5-16-6-7(11)8(12)13;1-4-7(5-2)6-3/h7H,4-6H2,1-3H3,(H,12,13);4-6H2,1-3H3. The molecule has 0 aliphatic carbocycles. The summed E-state index contributed by atoms with van der Waals surface area (Å²) in [5, 5.41) is 8.99. The Kier molecular flexibility index (Phi) is 10.3. The highest BCUT2D eigenvalue weighted by Gasteiger charge is 2.34. The summed E-state index contributed by atoms with van der Waals surface area (Å²) in [5.41, 5.74) is -0.593. The largest absolute Gasteiger partial charge is 0.480 e. The van der Waals surface area contributed by atoms with Crippen LogP contribution in [0, 0.1) is 0 Å². The van der Waals surface area contributed by atoms with Gasteiger partial charge in [0.15, 0.2) is 0 Å². The molecule has 1 saturated heterocycles. The molecule has 1 unspecified atom stereocenters. The summed E-state index contributed by atoms with van der Waals surface area (Å²) in [5.74, 6) is 0.204. The van der Waals surface area contributed by atoms with Crippen LogP contribution >= 0.6 is 11.8 Å². The Morgan fingerprint density at radius 1 is 1.22 bits per heavy atom. The average molecular weight is 349 g/mol. The van der Waals surface area contributed by atoms with Gasteiger partial charge in [0.05, 0.1) is 0 Å². The van der Waals surface area contributed by atoms with Crippen molar-refractivity contribution in [1.29, 1.82) is 0 Å². The molecule has 136 valence electrons. The van der Waals surface area contributed by atoms with Crippen molar-refractivity contribution in [3.05, 3.63) is 0 Å². The van der Waals surface area contributed by atoms with E-state index in [0.717, 1.165) is 5.75 Å². The summed E-state index contributed by atoms with van der Waals surface area (Å²) in [4.78, 5) is 26.4. The predicted molar refractivity (Wildman–Crippen MR) is 95.2 cm³/mol. The van der Waals surface area contributed by atoms with Crippen LogP contribution in [0.2, 0.25) is 0 Å². The van der Waals surface area contributed by atoms with E-state index in [-0.39, 0.29) is 0 Å². The number of carboxylic acids is 1. The Morgan fingerprint density at radius 3 is 2.09 bits per heavy atom. The molecule has 1 N–H and O–H groups in total. The molecule has 1 aliphatic rings. The van der Waals surface area contributed by atoms with Crippen LogP contribution < -0.4 is 0 Å². The zero-order chi connectivity index (χ0) is 18.0. The fraction of sp³-hybridized carbons (Fsp3) is 0.875. The van der Waals surface area contributed by atoms with E-state index in [1.807, 2.05) is 0 Å². The summed E-state index contributed by atoms with van der Waals surface area (Å²) in [6.07, 6.45) is -0.541. The van der Waals surface area contributed by atoms with Gasteiger partial charge in [-0.1, -0.05) is 20.8 Å². The van der Waals surface area contributed by atoms with E-state index in [9.17, 15) is 9.59 Å². The number of hydrogen-bond donors (Lipinski definition) is 1. The summed E-state index contributed by atoms with van der Waals surface area (Å²) in [7, 11) is 0. The summed E-state index contributed by atoms with van der Waals surface area (Å²) in [6, 6.07) is -0.770. The second kappa shape index (κ2) is 10.8. The van der Waals surface area contributed by atoms with Gasteiger partial charge >= 0.3 is 12.1 Å². The van der Waals surface area contributed by atoms with E-state index in [4.69, 9.17) is 9.84 Å². The Balaban J connectivity index is 0.000000585. The Labute approximate surface area is 144 Å². The van der Waals surface area contributed by atoms with E-state index in [2.05, 4.69) is 25.7 Å². The lowest BCUT2D eigenvalue weighted by atomic mass is 10.2. The maximum Gasteiger partial charge on any atom is 0.411 e. The number of thioether (sulfide) groups is 1. The lowest BCUT2D eigenvalue weighted by Gasteiger charge is -2.34. The molecule has 0 radical (unpaired) electrons. The first-order valence-corrected chi connectivity index (χ1v) is 9.34. The molecule has 1 rings (SSSR count). The predicted octanol–water partition coefficient (Wildman–Crippen LogP) is 2.77. The van der Waals surface area contributed by atoms with Crippen molar-refractivity contribution in [3.8, 4) is 0 Å². The number of carboxylic acid groups (broad SMARTS) is 1. The van der Waals surface area contributed by atoms with Gasteiger partial charge < -0.3 is 14.7 Å². The number of hydrogen-bond acceptors (Lipinski definition) is 5. The zero-order valence-electron chi connectivity index (χ0n) is 15.3. The number of carbonyl (C=O) groups is 2. The lowest BCUT2D eigenvalue weighted by Crippen LogP contribution is -2.51. The molecule has 1 aliphatic heterocycles. The van der Waals surface area contributed by atoms with E-state index < -0.39 is 23.7 Å². The highest BCUT2D eigenvalue weighted by molar-refractivity contribution is 7.99. The summed E-state index contributed by atoms with van der Waals surface area (Å²) >= 11 is 1.54. The van der Waals surface area contributed by atoms with Crippen LogP contribution in [0.4, 0.5) is 4.79 Å². The molecule has 1 amide bonds. The third kappa shape index (κ3) is 9.05. The molecule has 7 heteroatoms. The first kappa shape index (κ1) is 22.1. The maximum atomic E-state index is 11.8. The third-order valence-electron chi connectivity index (χ3n) is 3.38. The number of rotatable bonds is 4. The number of nitrogens with zero attached hydrogens (tertiary/aromatic N) is 2. The third-order valence-corrected chi connectivity index (χ3v) is 4.41. The van der Waals surface area contributed by atoms with E-state index in [0.29, 0.717) is 12.3 Å². The van der Waals surface area contributed by atoms with Crippen molar-refractivity contribution < 1.29 is 19.4 Å². The molecule has 0 aromatic heterocycles. The quantitative estimate of drug-likeness (QED) is 0.842. The van der Waals surface area contributed by atoms with Crippen molar-refractivity contribution >= 4 is 23.8 Å². The van der Waals surface area contributed by atoms with Crippen LogP contribution in [-0.2, 0) is 9.53 Å². The number of amides is 1. The Morgan fingerprint density at radius 2 is 1.74 bits per heavy atom. The van der Waals surface area contributed by atoms with Gasteiger partial charge in [-0.05, 0) is 40.4 Å². The van der Waals surface area contributed by atoms with Crippen molar-refractivity contribution in [3.63, 3.8) is 0 Å². The minimum absolute atomic E-state index is 0.425. The Bertz CT molecular complexity index is 362. The van der Waals surface area contributed by atoms with Gasteiger partial charge in [0.2, 0.25) is 0 Å². The van der Waals surface area contributed by atoms with E-state index in [1.165, 1.54) is 24.5 Å². The lowest BCUT2D eigenvalue weighted by molar-refractivity contribution is -0.142. The van der Waals surface area contributed by atoms with Crippen molar-refractivity contribution in [2.24, 2.45) is 0 Å². The van der Waals surface area contributed by atoms with Crippen LogP contribution in [0.25, 0.3) is 0 Å². The van der Waals surface area contributed by atoms with Gasteiger partial charge in [0.25, 0.3) is 0 Å². The highest BCUT2D eigenvalue weighted by atomic mass is 32.2. The van der Waals surface area contributed by atoms with Crippen molar-refractivity contribution in [1.82, 2.24) is 9.80 Å². The molecule has 23 heavy (non-hydrogen) atoms. The highest BCUT2D eigenvalue weighted by Crippen LogP contribution is 2.19. The molecule has 0 aromatic carbocycles. The molecule has 0 bridgehead atoms. The fourth-order valence-corrected chi connectivity index (χ4v) is 3.06. The maximum absolute atomic E-state index is 11.8. The summed E-state index contributed by atoms with van der Waals surface area (Å²) in [6.45, 7) is 15.8. The molecule has 6 nitrogen and oxygen atoms in total. The molecule has 1 atom stereocenters. The number of ether oxygens (including phenoxy) is 1. The van der Waals surface area contributed by atoms with Crippen LogP contribution in [0.3, 0.4) is 0 Å². The van der Waals surface area contributed by atoms with Crippen LogP contribution in [0.1, 0.15) is 41.5 Å². The monoisotopic (exact) mass is 348 g/mol. The normalized spacial score (nSPS) is 18.2.